The van der Waals surface area contributed by atoms with Gasteiger partial charge < -0.3 is 19.5 Å². The van der Waals surface area contributed by atoms with Crippen LogP contribution in [0.15, 0.2) is 24.5 Å². The summed E-state index contributed by atoms with van der Waals surface area (Å²) in [6.07, 6.45) is 7.35. The highest BCUT2D eigenvalue weighted by Crippen LogP contribution is 2.48. The molecule has 1 N–H and O–H groups in total. The molecule has 1 atom stereocenters. The van der Waals surface area contributed by atoms with Crippen molar-refractivity contribution in [2.24, 2.45) is 5.92 Å². The zero-order valence-corrected chi connectivity index (χ0v) is 18.6. The van der Waals surface area contributed by atoms with E-state index in [2.05, 4.69) is 15.0 Å². The van der Waals surface area contributed by atoms with Gasteiger partial charge >= 0.3 is 0 Å². The number of aromatic nitrogens is 5. The number of aromatic amines is 1. The van der Waals surface area contributed by atoms with E-state index >= 15 is 0 Å². The highest BCUT2D eigenvalue weighted by Gasteiger charge is 2.50. The second-order valence-corrected chi connectivity index (χ2v) is 9.42. The van der Waals surface area contributed by atoms with Gasteiger partial charge in [0.2, 0.25) is 5.91 Å². The first kappa shape index (κ1) is 20.0. The Hall–Kier alpha value is -2.65. The SMILES string of the molecule is O=C(C1CCCN(c2ccc3[nH]c(C4(n5cc(Cl)cn5)CC4)nc3n2)C1)N1CCOCC1. The van der Waals surface area contributed by atoms with Gasteiger partial charge in [0.15, 0.2) is 5.65 Å². The van der Waals surface area contributed by atoms with Crippen molar-refractivity contribution in [2.45, 2.75) is 31.2 Å². The summed E-state index contributed by atoms with van der Waals surface area (Å²) in [7, 11) is 0. The number of nitrogens with one attached hydrogen (secondary N) is 1. The molecule has 3 aliphatic rings. The lowest BCUT2D eigenvalue weighted by Gasteiger charge is -2.36. The average Bonchev–Trinajstić information content (AvgIpc) is 3.34. The van der Waals surface area contributed by atoms with Crippen LogP contribution in [0.25, 0.3) is 11.2 Å². The third-order valence-electron chi connectivity index (χ3n) is 6.90. The molecule has 0 aromatic carbocycles. The number of ether oxygens (including phenoxy) is 1. The Labute approximate surface area is 190 Å². The summed E-state index contributed by atoms with van der Waals surface area (Å²) in [5.41, 5.74) is 1.35. The molecule has 9 nitrogen and oxygen atoms in total. The lowest BCUT2D eigenvalue weighted by Crippen LogP contribution is -2.48. The third-order valence-corrected chi connectivity index (χ3v) is 7.10. The number of piperidine rings is 1. The maximum absolute atomic E-state index is 13.0. The van der Waals surface area contributed by atoms with Crippen molar-refractivity contribution in [1.82, 2.24) is 29.6 Å². The maximum Gasteiger partial charge on any atom is 0.227 e. The fraction of sp³-hybridized carbons (Fsp3) is 0.545. The number of imidazole rings is 1. The van der Waals surface area contributed by atoms with Crippen LogP contribution in [0.3, 0.4) is 0 Å². The molecule has 2 aliphatic heterocycles. The monoisotopic (exact) mass is 455 g/mol. The number of amides is 1. The molecule has 1 aliphatic carbocycles. The Kier molecular flexibility index (Phi) is 4.83. The van der Waals surface area contributed by atoms with Gasteiger partial charge in [-0.05, 0) is 37.8 Å². The van der Waals surface area contributed by atoms with Crippen LogP contribution in [0.4, 0.5) is 5.82 Å². The standard InChI is InChI=1S/C22H26ClN7O2/c23-16-12-24-30(14-16)22(5-6-22)21-25-17-3-4-18(26-19(17)27-21)29-7-1-2-15(13-29)20(31)28-8-10-32-11-9-28/h3-4,12,14-15H,1-2,5-11,13H2,(H,25,26,27). The van der Waals surface area contributed by atoms with Gasteiger partial charge in [0.1, 0.15) is 17.2 Å². The van der Waals surface area contributed by atoms with Crippen LogP contribution in [0.5, 0.6) is 0 Å². The number of carbonyl (C=O) groups excluding carboxylic acids is 1. The number of rotatable bonds is 4. The van der Waals surface area contributed by atoms with E-state index in [0.29, 0.717) is 43.5 Å². The highest BCUT2D eigenvalue weighted by molar-refractivity contribution is 6.30. The second kappa shape index (κ2) is 7.74. The molecule has 6 rings (SSSR count). The van der Waals surface area contributed by atoms with E-state index in [1.165, 1.54) is 0 Å². The summed E-state index contributed by atoms with van der Waals surface area (Å²) in [6.45, 7) is 4.25. The first-order chi connectivity index (χ1) is 15.6. The Morgan fingerprint density at radius 3 is 2.78 bits per heavy atom. The van der Waals surface area contributed by atoms with Crippen LogP contribution in [0, 0.1) is 5.92 Å². The first-order valence-electron chi connectivity index (χ1n) is 11.3. The second-order valence-electron chi connectivity index (χ2n) is 8.98. The van der Waals surface area contributed by atoms with Crippen molar-refractivity contribution in [1.29, 1.82) is 0 Å². The van der Waals surface area contributed by atoms with Crippen LogP contribution in [0.1, 0.15) is 31.5 Å². The van der Waals surface area contributed by atoms with E-state index in [1.54, 1.807) is 6.20 Å². The van der Waals surface area contributed by atoms with Crippen molar-refractivity contribution < 1.29 is 9.53 Å². The first-order valence-corrected chi connectivity index (χ1v) is 11.7. The molecule has 5 heterocycles. The minimum Gasteiger partial charge on any atom is -0.378 e. The van der Waals surface area contributed by atoms with Crippen molar-refractivity contribution in [3.05, 3.63) is 35.4 Å². The molecule has 0 bridgehead atoms. The predicted molar refractivity (Wildman–Crippen MR) is 120 cm³/mol. The zero-order chi connectivity index (χ0) is 21.7. The molecular formula is C22H26ClN7O2. The van der Waals surface area contributed by atoms with E-state index < -0.39 is 0 Å². The topological polar surface area (TPSA) is 92.2 Å². The van der Waals surface area contributed by atoms with Gasteiger partial charge in [-0.2, -0.15) is 5.10 Å². The predicted octanol–water partition coefficient (Wildman–Crippen LogP) is 2.42. The van der Waals surface area contributed by atoms with Gasteiger partial charge in [0.05, 0.1) is 35.9 Å². The van der Waals surface area contributed by atoms with Crippen LogP contribution >= 0.6 is 11.6 Å². The number of halogens is 1. The number of pyridine rings is 1. The molecule has 10 heteroatoms. The number of morpholine rings is 1. The normalized spacial score (nSPS) is 23.0. The Bertz CT molecular complexity index is 1150. The summed E-state index contributed by atoms with van der Waals surface area (Å²) < 4.78 is 7.30. The van der Waals surface area contributed by atoms with Crippen LogP contribution in [0.2, 0.25) is 5.02 Å². The van der Waals surface area contributed by atoms with E-state index in [4.69, 9.17) is 26.3 Å². The zero-order valence-electron chi connectivity index (χ0n) is 17.8. The molecule has 168 valence electrons. The summed E-state index contributed by atoms with van der Waals surface area (Å²) in [4.78, 5) is 30.3. The van der Waals surface area contributed by atoms with Gasteiger partial charge in [0, 0.05) is 32.4 Å². The minimum atomic E-state index is -0.255. The van der Waals surface area contributed by atoms with Crippen molar-refractivity contribution >= 4 is 34.5 Å². The molecule has 1 amide bonds. The Morgan fingerprint density at radius 2 is 2.03 bits per heavy atom. The summed E-state index contributed by atoms with van der Waals surface area (Å²) in [5, 5.41) is 5.03. The lowest BCUT2D eigenvalue weighted by molar-refractivity contribution is -0.139. The van der Waals surface area contributed by atoms with E-state index in [0.717, 1.165) is 49.4 Å². The van der Waals surface area contributed by atoms with Crippen molar-refractivity contribution in [3.8, 4) is 0 Å². The number of nitrogens with zero attached hydrogens (tertiary/aromatic N) is 6. The number of H-pyrrole nitrogens is 1. The van der Waals surface area contributed by atoms with Crippen LogP contribution in [-0.4, -0.2) is 74.9 Å². The summed E-state index contributed by atoms with van der Waals surface area (Å²) in [6, 6.07) is 4.06. The van der Waals surface area contributed by atoms with Crippen molar-refractivity contribution in [3.63, 3.8) is 0 Å². The fourth-order valence-electron chi connectivity index (χ4n) is 4.94. The fourth-order valence-corrected chi connectivity index (χ4v) is 5.07. The molecule has 1 saturated carbocycles. The largest absolute Gasteiger partial charge is 0.378 e. The summed E-state index contributed by atoms with van der Waals surface area (Å²) in [5.74, 6) is 2.00. The number of hydrogen-bond donors (Lipinski definition) is 1. The van der Waals surface area contributed by atoms with Crippen molar-refractivity contribution in [2.75, 3.05) is 44.3 Å². The molecule has 32 heavy (non-hydrogen) atoms. The molecule has 3 fully saturated rings. The van der Waals surface area contributed by atoms with Crippen LogP contribution < -0.4 is 4.90 Å². The molecule has 2 saturated heterocycles. The van der Waals surface area contributed by atoms with Crippen LogP contribution in [-0.2, 0) is 15.1 Å². The minimum absolute atomic E-state index is 0.00777. The molecule has 3 aromatic heterocycles. The molecule has 0 spiro atoms. The van der Waals surface area contributed by atoms with Gasteiger partial charge in [-0.15, -0.1) is 0 Å². The average molecular weight is 456 g/mol. The van der Waals surface area contributed by atoms with E-state index in [1.807, 2.05) is 27.9 Å². The summed E-state index contributed by atoms with van der Waals surface area (Å²) >= 11 is 6.09. The maximum atomic E-state index is 13.0. The molecule has 1 unspecified atom stereocenters. The van der Waals surface area contributed by atoms with Gasteiger partial charge in [-0.1, -0.05) is 11.6 Å². The van der Waals surface area contributed by atoms with Gasteiger partial charge in [-0.3, -0.25) is 9.48 Å². The Balaban J connectivity index is 1.22. The number of anilines is 1. The highest BCUT2D eigenvalue weighted by atomic mass is 35.5. The lowest BCUT2D eigenvalue weighted by atomic mass is 9.96. The van der Waals surface area contributed by atoms with Gasteiger partial charge in [-0.25, -0.2) is 9.97 Å². The Morgan fingerprint density at radius 1 is 1.19 bits per heavy atom. The quantitative estimate of drug-likeness (QED) is 0.649. The molecule has 0 radical (unpaired) electrons. The molecular weight excluding hydrogens is 430 g/mol. The molecule has 3 aromatic rings. The smallest absolute Gasteiger partial charge is 0.227 e. The third kappa shape index (κ3) is 3.44. The van der Waals surface area contributed by atoms with E-state index in [-0.39, 0.29) is 17.4 Å². The number of hydrogen-bond acceptors (Lipinski definition) is 6. The number of fused-ring (bicyclic) bond motifs is 1. The van der Waals surface area contributed by atoms with E-state index in [9.17, 15) is 4.79 Å². The van der Waals surface area contributed by atoms with Gasteiger partial charge in [0.25, 0.3) is 0 Å². The number of carbonyl (C=O) groups is 1.